The Kier molecular flexibility index (Phi) is 1.85. The van der Waals surface area contributed by atoms with Crippen LogP contribution in [0.4, 0.5) is 0 Å². The number of rotatable bonds is 2. The van der Waals surface area contributed by atoms with Crippen LogP contribution in [0.15, 0.2) is 18.3 Å². The van der Waals surface area contributed by atoms with Gasteiger partial charge in [0.25, 0.3) is 0 Å². The molecular formula is C10H10NO2. The van der Waals surface area contributed by atoms with Crippen molar-refractivity contribution in [1.29, 1.82) is 0 Å². The fourth-order valence-electron chi connectivity index (χ4n) is 1.38. The van der Waals surface area contributed by atoms with Crippen LogP contribution >= 0.6 is 0 Å². The molecule has 1 aromatic carbocycles. The Labute approximate surface area is 76.3 Å². The van der Waals surface area contributed by atoms with Crippen molar-refractivity contribution in [1.82, 2.24) is 4.98 Å². The molecule has 67 valence electrons. The number of benzene rings is 1. The summed E-state index contributed by atoms with van der Waals surface area (Å²) in [6.07, 6.45) is 1.76. The highest BCUT2D eigenvalue weighted by Crippen LogP contribution is 2.33. The van der Waals surface area contributed by atoms with E-state index in [2.05, 4.69) is 11.1 Å². The van der Waals surface area contributed by atoms with Gasteiger partial charge in [0.15, 0.2) is 11.5 Å². The Balaban J connectivity index is 2.74. The number of hydrogen-bond donors (Lipinski definition) is 1. The molecule has 2 rings (SSSR count). The minimum Gasteiger partial charge on any atom is -0.493 e. The van der Waals surface area contributed by atoms with Crippen molar-refractivity contribution in [2.24, 2.45) is 0 Å². The fraction of sp³-hybridized carbons (Fsp3) is 0.200. The van der Waals surface area contributed by atoms with Crippen LogP contribution in [0.5, 0.6) is 11.5 Å². The highest BCUT2D eigenvalue weighted by atomic mass is 16.5. The number of aromatic amines is 1. The summed E-state index contributed by atoms with van der Waals surface area (Å²) < 4.78 is 10.4. The van der Waals surface area contributed by atoms with E-state index in [0.717, 1.165) is 22.4 Å². The fourth-order valence-corrected chi connectivity index (χ4v) is 1.38. The Bertz CT molecular complexity index is 420. The van der Waals surface area contributed by atoms with Crippen molar-refractivity contribution in [2.45, 2.75) is 0 Å². The second-order valence-corrected chi connectivity index (χ2v) is 2.66. The lowest BCUT2D eigenvalue weighted by molar-refractivity contribution is 0.358. The van der Waals surface area contributed by atoms with Crippen LogP contribution in [0.25, 0.3) is 10.9 Å². The summed E-state index contributed by atoms with van der Waals surface area (Å²) in [6.45, 7) is 0. The molecule has 0 atom stereocenters. The van der Waals surface area contributed by atoms with E-state index < -0.39 is 0 Å². The zero-order valence-electron chi connectivity index (χ0n) is 7.55. The zero-order valence-corrected chi connectivity index (χ0v) is 7.55. The molecular weight excluding hydrogens is 166 g/mol. The van der Waals surface area contributed by atoms with Gasteiger partial charge in [-0.2, -0.15) is 0 Å². The van der Waals surface area contributed by atoms with Crippen molar-refractivity contribution < 1.29 is 9.47 Å². The molecule has 0 aliphatic carbocycles. The summed E-state index contributed by atoms with van der Waals surface area (Å²) in [5, 5.41) is 0.998. The molecule has 2 aromatic rings. The average molecular weight is 176 g/mol. The third-order valence-corrected chi connectivity index (χ3v) is 1.99. The van der Waals surface area contributed by atoms with Crippen LogP contribution < -0.4 is 9.47 Å². The predicted octanol–water partition coefficient (Wildman–Crippen LogP) is 1.99. The van der Waals surface area contributed by atoms with Crippen molar-refractivity contribution in [3.63, 3.8) is 0 Å². The van der Waals surface area contributed by atoms with Gasteiger partial charge in [0.1, 0.15) is 0 Å². The highest BCUT2D eigenvalue weighted by molar-refractivity contribution is 5.87. The topological polar surface area (TPSA) is 34.2 Å². The van der Waals surface area contributed by atoms with Gasteiger partial charge in [-0.05, 0) is 12.1 Å². The van der Waals surface area contributed by atoms with E-state index in [1.807, 2.05) is 12.1 Å². The molecule has 1 aromatic heterocycles. The Morgan fingerprint density at radius 1 is 1.23 bits per heavy atom. The number of aromatic nitrogens is 1. The first-order chi connectivity index (χ1) is 6.36. The minimum absolute atomic E-state index is 0.723. The summed E-state index contributed by atoms with van der Waals surface area (Å²) in [4.78, 5) is 3.05. The molecule has 1 N–H and O–H groups in total. The van der Waals surface area contributed by atoms with Gasteiger partial charge in [-0.25, -0.2) is 0 Å². The highest BCUT2D eigenvalue weighted by Gasteiger charge is 2.08. The molecule has 0 aliphatic rings. The second-order valence-electron chi connectivity index (χ2n) is 2.66. The summed E-state index contributed by atoms with van der Waals surface area (Å²) in [6, 6.07) is 6.86. The normalized spacial score (nSPS) is 10.3. The monoisotopic (exact) mass is 176 g/mol. The third-order valence-electron chi connectivity index (χ3n) is 1.99. The van der Waals surface area contributed by atoms with E-state index in [1.165, 1.54) is 0 Å². The molecule has 1 radical (unpaired) electrons. The number of methoxy groups -OCH3 is 2. The van der Waals surface area contributed by atoms with E-state index in [1.54, 1.807) is 20.4 Å². The van der Waals surface area contributed by atoms with Gasteiger partial charge >= 0.3 is 0 Å². The number of nitrogens with one attached hydrogen (secondary N) is 1. The number of H-pyrrole nitrogens is 1. The Hall–Kier alpha value is -1.64. The first-order valence-corrected chi connectivity index (χ1v) is 3.96. The largest absolute Gasteiger partial charge is 0.493 e. The predicted molar refractivity (Wildman–Crippen MR) is 50.2 cm³/mol. The molecule has 0 unspecified atom stereocenters. The quantitative estimate of drug-likeness (QED) is 0.759. The molecule has 3 heteroatoms. The van der Waals surface area contributed by atoms with Crippen molar-refractivity contribution in [3.05, 3.63) is 24.4 Å². The lowest BCUT2D eigenvalue weighted by Gasteiger charge is -2.07. The first kappa shape index (κ1) is 7.98. The summed E-state index contributed by atoms with van der Waals surface area (Å²) >= 11 is 0. The molecule has 0 aliphatic heterocycles. The van der Waals surface area contributed by atoms with Gasteiger partial charge in [-0.1, -0.05) is 0 Å². The van der Waals surface area contributed by atoms with Gasteiger partial charge < -0.3 is 14.5 Å². The maximum atomic E-state index is 5.23. The maximum absolute atomic E-state index is 5.23. The van der Waals surface area contributed by atoms with Crippen molar-refractivity contribution in [2.75, 3.05) is 14.2 Å². The van der Waals surface area contributed by atoms with Crippen LogP contribution in [-0.2, 0) is 0 Å². The van der Waals surface area contributed by atoms with Gasteiger partial charge in [-0.15, -0.1) is 0 Å². The van der Waals surface area contributed by atoms with E-state index in [0.29, 0.717) is 0 Å². The number of ether oxygens (including phenoxy) is 2. The van der Waals surface area contributed by atoms with Crippen molar-refractivity contribution >= 4 is 10.9 Å². The Morgan fingerprint density at radius 3 is 2.77 bits per heavy atom. The molecule has 0 bridgehead atoms. The molecule has 0 saturated heterocycles. The van der Waals surface area contributed by atoms with Crippen LogP contribution in [0.1, 0.15) is 0 Å². The van der Waals surface area contributed by atoms with E-state index in [-0.39, 0.29) is 0 Å². The van der Waals surface area contributed by atoms with Crippen LogP contribution in [0.2, 0.25) is 0 Å². The smallest absolute Gasteiger partial charge is 0.184 e. The maximum Gasteiger partial charge on any atom is 0.184 e. The van der Waals surface area contributed by atoms with Gasteiger partial charge in [0.05, 0.1) is 19.7 Å². The molecule has 0 fully saturated rings. The van der Waals surface area contributed by atoms with Gasteiger partial charge in [-0.3, -0.25) is 0 Å². The molecule has 0 spiro atoms. The first-order valence-electron chi connectivity index (χ1n) is 3.96. The van der Waals surface area contributed by atoms with Crippen LogP contribution in [0.3, 0.4) is 0 Å². The third kappa shape index (κ3) is 1.13. The lowest BCUT2D eigenvalue weighted by atomic mass is 10.2. The standard InChI is InChI=1S/C10H10NO2/c1-12-8-4-3-7-5-6-11-9(7)10(8)13-2/h3-4,6,11H,1-2H3. The number of hydrogen-bond acceptors (Lipinski definition) is 2. The summed E-state index contributed by atoms with van der Waals surface area (Å²) in [7, 11) is 3.24. The lowest BCUT2D eigenvalue weighted by Crippen LogP contribution is -1.90. The SMILES string of the molecule is COc1ccc2[c]c[nH]c2c1OC. The minimum atomic E-state index is 0.723. The van der Waals surface area contributed by atoms with Crippen LogP contribution in [0, 0.1) is 6.07 Å². The summed E-state index contributed by atoms with van der Waals surface area (Å²) in [5.41, 5.74) is 0.918. The van der Waals surface area contributed by atoms with Crippen LogP contribution in [-0.4, -0.2) is 19.2 Å². The second kappa shape index (κ2) is 3.01. The van der Waals surface area contributed by atoms with E-state index in [4.69, 9.17) is 9.47 Å². The average Bonchev–Trinajstić information content (AvgIpc) is 2.63. The zero-order chi connectivity index (χ0) is 9.26. The Morgan fingerprint density at radius 2 is 2.08 bits per heavy atom. The van der Waals surface area contributed by atoms with E-state index >= 15 is 0 Å². The molecule has 0 amide bonds. The molecule has 13 heavy (non-hydrogen) atoms. The molecule has 1 heterocycles. The van der Waals surface area contributed by atoms with Gasteiger partial charge in [0, 0.05) is 17.6 Å². The van der Waals surface area contributed by atoms with Crippen molar-refractivity contribution in [3.8, 4) is 11.5 Å². The number of fused-ring (bicyclic) bond motifs is 1. The summed E-state index contributed by atoms with van der Waals surface area (Å²) in [5.74, 6) is 1.45. The van der Waals surface area contributed by atoms with E-state index in [9.17, 15) is 0 Å². The molecule has 0 saturated carbocycles. The van der Waals surface area contributed by atoms with Gasteiger partial charge in [0.2, 0.25) is 0 Å². The molecule has 3 nitrogen and oxygen atoms in total.